The summed E-state index contributed by atoms with van der Waals surface area (Å²) in [4.78, 5) is 8.25. The molecule has 17 heavy (non-hydrogen) atoms. The number of nitrogens with zero attached hydrogens (tertiary/aromatic N) is 3. The Hall–Kier alpha value is -2.31. The molecule has 0 radical (unpaired) electrons. The van der Waals surface area contributed by atoms with E-state index in [4.69, 9.17) is 10.5 Å². The fraction of sp³-hybridized carbons (Fsp3) is 0.300. The minimum absolute atomic E-state index is 0.497. The lowest BCUT2D eigenvalue weighted by Gasteiger charge is -2.05. The standard InChI is InChI=1S/C10H14N6O/c1-2-17-8-3-4-12-10(15-8)13-5-7-6-14-16-9(7)11/h3-4,6H,2,5H2,1H3,(H3,11,14,16)(H,12,13,15). The van der Waals surface area contributed by atoms with Crippen molar-refractivity contribution in [3.63, 3.8) is 0 Å². The molecule has 2 aromatic heterocycles. The van der Waals surface area contributed by atoms with Gasteiger partial charge in [-0.25, -0.2) is 4.98 Å². The number of ether oxygens (including phenoxy) is 1. The molecule has 0 aliphatic carbocycles. The Balaban J connectivity index is 1.99. The first-order chi connectivity index (χ1) is 8.29. The minimum atomic E-state index is 0.497. The van der Waals surface area contributed by atoms with Crippen molar-refractivity contribution < 1.29 is 4.74 Å². The van der Waals surface area contributed by atoms with E-state index in [0.717, 1.165) is 5.56 Å². The smallest absolute Gasteiger partial charge is 0.226 e. The SMILES string of the molecule is CCOc1ccnc(NCc2cn[nH]c2N)n1. The predicted molar refractivity (Wildman–Crippen MR) is 63.5 cm³/mol. The van der Waals surface area contributed by atoms with Gasteiger partial charge in [0, 0.05) is 24.4 Å². The number of nitrogen functional groups attached to an aromatic ring is 1. The quantitative estimate of drug-likeness (QED) is 0.707. The van der Waals surface area contributed by atoms with Crippen LogP contribution in [0.2, 0.25) is 0 Å². The fourth-order valence-electron chi connectivity index (χ4n) is 1.29. The maximum atomic E-state index is 5.66. The third-order valence-electron chi connectivity index (χ3n) is 2.11. The average molecular weight is 234 g/mol. The molecule has 2 heterocycles. The van der Waals surface area contributed by atoms with Crippen molar-refractivity contribution in [3.8, 4) is 5.88 Å². The Bertz CT molecular complexity index is 483. The van der Waals surface area contributed by atoms with Crippen molar-refractivity contribution in [1.82, 2.24) is 20.2 Å². The van der Waals surface area contributed by atoms with Crippen LogP contribution in [-0.4, -0.2) is 26.8 Å². The van der Waals surface area contributed by atoms with Gasteiger partial charge in [0.2, 0.25) is 11.8 Å². The van der Waals surface area contributed by atoms with Crippen molar-refractivity contribution in [2.45, 2.75) is 13.5 Å². The van der Waals surface area contributed by atoms with Gasteiger partial charge in [-0.05, 0) is 6.92 Å². The third-order valence-corrected chi connectivity index (χ3v) is 2.11. The summed E-state index contributed by atoms with van der Waals surface area (Å²) in [6.45, 7) is 2.99. The highest BCUT2D eigenvalue weighted by molar-refractivity contribution is 5.39. The number of nitrogens with two attached hydrogens (primary N) is 1. The van der Waals surface area contributed by atoms with E-state index >= 15 is 0 Å². The Kier molecular flexibility index (Phi) is 3.39. The highest BCUT2D eigenvalue weighted by Gasteiger charge is 2.03. The van der Waals surface area contributed by atoms with Gasteiger partial charge in [0.25, 0.3) is 0 Å². The van der Waals surface area contributed by atoms with Crippen LogP contribution in [0.3, 0.4) is 0 Å². The van der Waals surface area contributed by atoms with E-state index in [9.17, 15) is 0 Å². The molecular formula is C10H14N6O. The van der Waals surface area contributed by atoms with Crippen LogP contribution in [-0.2, 0) is 6.54 Å². The van der Waals surface area contributed by atoms with Crippen LogP contribution in [0, 0.1) is 0 Å². The molecule has 0 aromatic carbocycles. The molecule has 0 saturated heterocycles. The number of hydrogen-bond donors (Lipinski definition) is 3. The van der Waals surface area contributed by atoms with Crippen LogP contribution >= 0.6 is 0 Å². The van der Waals surface area contributed by atoms with E-state index in [1.54, 1.807) is 18.5 Å². The summed E-state index contributed by atoms with van der Waals surface area (Å²) in [5.41, 5.74) is 6.53. The molecule has 0 fully saturated rings. The number of anilines is 2. The largest absolute Gasteiger partial charge is 0.478 e. The number of H-pyrrole nitrogens is 1. The first kappa shape index (κ1) is 11.2. The van der Waals surface area contributed by atoms with E-state index in [2.05, 4.69) is 25.5 Å². The van der Waals surface area contributed by atoms with Crippen LogP contribution in [0.15, 0.2) is 18.5 Å². The second-order valence-corrected chi connectivity index (χ2v) is 3.31. The summed E-state index contributed by atoms with van der Waals surface area (Å²) in [6.07, 6.45) is 3.30. The molecule has 4 N–H and O–H groups in total. The molecule has 0 saturated carbocycles. The Labute approximate surface area is 98.4 Å². The lowest BCUT2D eigenvalue weighted by Crippen LogP contribution is -2.05. The van der Waals surface area contributed by atoms with Crippen LogP contribution in [0.4, 0.5) is 11.8 Å². The molecule has 0 bridgehead atoms. The molecule has 0 atom stereocenters. The molecule has 7 nitrogen and oxygen atoms in total. The van der Waals surface area contributed by atoms with Gasteiger partial charge in [0.1, 0.15) is 5.82 Å². The molecule has 2 rings (SSSR count). The van der Waals surface area contributed by atoms with Gasteiger partial charge in [-0.1, -0.05) is 0 Å². The summed E-state index contributed by atoms with van der Waals surface area (Å²) >= 11 is 0. The normalized spacial score (nSPS) is 10.2. The lowest BCUT2D eigenvalue weighted by atomic mass is 10.3. The number of nitrogens with one attached hydrogen (secondary N) is 2. The second kappa shape index (κ2) is 5.15. The third kappa shape index (κ3) is 2.83. The average Bonchev–Trinajstić information content (AvgIpc) is 2.73. The molecule has 0 unspecified atom stereocenters. The Morgan fingerprint density at radius 2 is 2.41 bits per heavy atom. The molecule has 7 heteroatoms. The van der Waals surface area contributed by atoms with Gasteiger partial charge in [-0.2, -0.15) is 10.1 Å². The van der Waals surface area contributed by atoms with Crippen molar-refractivity contribution in [2.75, 3.05) is 17.7 Å². The predicted octanol–water partition coefficient (Wildman–Crippen LogP) is 0.793. The first-order valence-electron chi connectivity index (χ1n) is 5.27. The Morgan fingerprint density at radius 1 is 1.53 bits per heavy atom. The zero-order chi connectivity index (χ0) is 12.1. The summed E-state index contributed by atoms with van der Waals surface area (Å²) < 4.78 is 5.27. The Morgan fingerprint density at radius 3 is 3.12 bits per heavy atom. The highest BCUT2D eigenvalue weighted by Crippen LogP contribution is 2.11. The molecule has 0 amide bonds. The van der Waals surface area contributed by atoms with Gasteiger partial charge in [0.15, 0.2) is 0 Å². The second-order valence-electron chi connectivity index (χ2n) is 3.31. The highest BCUT2D eigenvalue weighted by atomic mass is 16.5. The lowest BCUT2D eigenvalue weighted by molar-refractivity contribution is 0.326. The van der Waals surface area contributed by atoms with E-state index < -0.39 is 0 Å². The number of aromatic amines is 1. The molecule has 0 aliphatic rings. The van der Waals surface area contributed by atoms with Crippen LogP contribution in [0.5, 0.6) is 5.88 Å². The van der Waals surface area contributed by atoms with Crippen LogP contribution in [0.25, 0.3) is 0 Å². The van der Waals surface area contributed by atoms with Crippen molar-refractivity contribution in [1.29, 1.82) is 0 Å². The zero-order valence-corrected chi connectivity index (χ0v) is 9.47. The molecule has 0 aliphatic heterocycles. The van der Waals surface area contributed by atoms with Gasteiger partial charge in [-0.15, -0.1) is 0 Å². The summed E-state index contributed by atoms with van der Waals surface area (Å²) in [7, 11) is 0. The van der Waals surface area contributed by atoms with E-state index in [1.165, 1.54) is 0 Å². The van der Waals surface area contributed by atoms with Gasteiger partial charge >= 0.3 is 0 Å². The van der Waals surface area contributed by atoms with Gasteiger partial charge < -0.3 is 15.8 Å². The maximum Gasteiger partial charge on any atom is 0.226 e. The molecule has 90 valence electrons. The van der Waals surface area contributed by atoms with E-state index in [1.807, 2.05) is 6.92 Å². The molecule has 2 aromatic rings. The number of hydrogen-bond acceptors (Lipinski definition) is 6. The number of rotatable bonds is 5. The summed E-state index contributed by atoms with van der Waals surface area (Å²) in [5.74, 6) is 1.58. The molecule has 0 spiro atoms. The summed E-state index contributed by atoms with van der Waals surface area (Å²) in [6, 6.07) is 1.71. The van der Waals surface area contributed by atoms with E-state index in [0.29, 0.717) is 30.8 Å². The monoisotopic (exact) mass is 234 g/mol. The molecular weight excluding hydrogens is 220 g/mol. The van der Waals surface area contributed by atoms with Crippen LogP contribution < -0.4 is 15.8 Å². The van der Waals surface area contributed by atoms with Gasteiger partial charge in [-0.3, -0.25) is 5.10 Å². The number of aromatic nitrogens is 4. The minimum Gasteiger partial charge on any atom is -0.478 e. The zero-order valence-electron chi connectivity index (χ0n) is 9.47. The fourth-order valence-corrected chi connectivity index (χ4v) is 1.29. The van der Waals surface area contributed by atoms with E-state index in [-0.39, 0.29) is 0 Å². The summed E-state index contributed by atoms with van der Waals surface area (Å²) in [5, 5.41) is 9.53. The topological polar surface area (TPSA) is 102 Å². The maximum absolute atomic E-state index is 5.66. The van der Waals surface area contributed by atoms with Gasteiger partial charge in [0.05, 0.1) is 12.8 Å². The van der Waals surface area contributed by atoms with Crippen molar-refractivity contribution >= 4 is 11.8 Å². The van der Waals surface area contributed by atoms with Crippen molar-refractivity contribution in [2.24, 2.45) is 0 Å². The van der Waals surface area contributed by atoms with Crippen molar-refractivity contribution in [3.05, 3.63) is 24.0 Å². The van der Waals surface area contributed by atoms with Crippen LogP contribution in [0.1, 0.15) is 12.5 Å². The first-order valence-corrected chi connectivity index (χ1v) is 5.27.